The molecule has 1 aliphatic carbocycles. The fourth-order valence-corrected chi connectivity index (χ4v) is 4.33. The molecule has 4 rings (SSSR count). The molecule has 0 heterocycles. The smallest absolute Gasteiger partial charge is 0.119 e. The topological polar surface area (TPSA) is 30.5 Å². The van der Waals surface area contributed by atoms with Crippen molar-refractivity contribution in [2.24, 2.45) is 5.92 Å². The molecular weight excluding hydrogens is 394 g/mol. The van der Waals surface area contributed by atoms with Gasteiger partial charge in [0.2, 0.25) is 0 Å². The lowest BCUT2D eigenvalue weighted by Gasteiger charge is -2.21. The molecule has 0 atom stereocenters. The largest absolute Gasteiger partial charge is 0.494 e. The van der Waals surface area contributed by atoms with Crippen molar-refractivity contribution in [3.05, 3.63) is 90.0 Å². The second kappa shape index (κ2) is 12.2. The SMILES string of the molecule is c1ccc(CCOc2ccc(CNc3ccc(OCCC4CCCCC4)cc3)cc2)cc1. The highest BCUT2D eigenvalue weighted by Gasteiger charge is 2.13. The zero-order chi connectivity index (χ0) is 21.8. The number of anilines is 1. The van der Waals surface area contributed by atoms with Crippen LogP contribution in [0.25, 0.3) is 0 Å². The molecular formula is C29H35NO2. The van der Waals surface area contributed by atoms with Crippen molar-refractivity contribution < 1.29 is 9.47 Å². The molecule has 1 aliphatic rings. The molecule has 32 heavy (non-hydrogen) atoms. The first-order valence-corrected chi connectivity index (χ1v) is 12.1. The second-order valence-corrected chi connectivity index (χ2v) is 8.75. The van der Waals surface area contributed by atoms with Crippen LogP contribution in [0, 0.1) is 5.92 Å². The molecule has 3 aromatic carbocycles. The van der Waals surface area contributed by atoms with Crippen LogP contribution in [0.3, 0.4) is 0 Å². The quantitative estimate of drug-likeness (QED) is 0.348. The summed E-state index contributed by atoms with van der Waals surface area (Å²) in [5.41, 5.74) is 3.63. The number of hydrogen-bond acceptors (Lipinski definition) is 3. The predicted octanol–water partition coefficient (Wildman–Crippen LogP) is 7.27. The predicted molar refractivity (Wildman–Crippen MR) is 133 cm³/mol. The minimum atomic E-state index is 0.691. The first-order chi connectivity index (χ1) is 15.8. The monoisotopic (exact) mass is 429 g/mol. The van der Waals surface area contributed by atoms with Gasteiger partial charge in [-0.3, -0.25) is 0 Å². The van der Waals surface area contributed by atoms with Crippen molar-refractivity contribution in [3.8, 4) is 11.5 Å². The highest BCUT2D eigenvalue weighted by molar-refractivity contribution is 5.47. The number of hydrogen-bond donors (Lipinski definition) is 1. The zero-order valence-electron chi connectivity index (χ0n) is 19.0. The maximum atomic E-state index is 5.96. The van der Waals surface area contributed by atoms with Crippen LogP contribution in [0.1, 0.15) is 49.7 Å². The van der Waals surface area contributed by atoms with Gasteiger partial charge in [-0.15, -0.1) is 0 Å². The fourth-order valence-electron chi connectivity index (χ4n) is 4.33. The van der Waals surface area contributed by atoms with E-state index in [0.29, 0.717) is 6.61 Å². The van der Waals surface area contributed by atoms with E-state index in [9.17, 15) is 0 Å². The maximum Gasteiger partial charge on any atom is 0.119 e. The van der Waals surface area contributed by atoms with E-state index in [1.165, 1.54) is 49.7 Å². The molecule has 3 aromatic rings. The van der Waals surface area contributed by atoms with Crippen LogP contribution in [0.2, 0.25) is 0 Å². The number of nitrogens with one attached hydrogen (secondary N) is 1. The summed E-state index contributed by atoms with van der Waals surface area (Å²) in [6.07, 6.45) is 9.08. The molecule has 1 saturated carbocycles. The van der Waals surface area contributed by atoms with Gasteiger partial charge in [0, 0.05) is 18.7 Å². The molecule has 3 nitrogen and oxygen atoms in total. The molecule has 0 bridgehead atoms. The van der Waals surface area contributed by atoms with Gasteiger partial charge in [-0.25, -0.2) is 0 Å². The van der Waals surface area contributed by atoms with Gasteiger partial charge in [0.15, 0.2) is 0 Å². The average Bonchev–Trinajstić information content (AvgIpc) is 2.86. The minimum Gasteiger partial charge on any atom is -0.494 e. The summed E-state index contributed by atoms with van der Waals surface area (Å²) >= 11 is 0. The van der Waals surface area contributed by atoms with Gasteiger partial charge in [-0.2, -0.15) is 0 Å². The van der Waals surface area contributed by atoms with Gasteiger partial charge in [0.25, 0.3) is 0 Å². The Kier molecular flexibility index (Phi) is 8.48. The van der Waals surface area contributed by atoms with Gasteiger partial charge >= 0.3 is 0 Å². The van der Waals surface area contributed by atoms with Crippen molar-refractivity contribution in [2.75, 3.05) is 18.5 Å². The summed E-state index contributed by atoms with van der Waals surface area (Å²) in [5.74, 6) is 2.74. The van der Waals surface area contributed by atoms with Gasteiger partial charge < -0.3 is 14.8 Å². The van der Waals surface area contributed by atoms with Crippen LogP contribution in [-0.2, 0) is 13.0 Å². The Balaban J connectivity index is 1.15. The van der Waals surface area contributed by atoms with E-state index >= 15 is 0 Å². The standard InChI is InChI=1S/C29H35NO2/c1-3-7-24(8-4-1)19-21-31-28-15-11-26(12-16-28)23-30-27-13-17-29(18-14-27)32-22-20-25-9-5-2-6-10-25/h1,3-4,7-8,11-18,25,30H,2,5-6,9-10,19-23H2. The lowest BCUT2D eigenvalue weighted by atomic mass is 9.87. The molecule has 0 aromatic heterocycles. The Hall–Kier alpha value is -2.94. The molecule has 168 valence electrons. The van der Waals surface area contributed by atoms with E-state index in [1.807, 2.05) is 18.2 Å². The van der Waals surface area contributed by atoms with Crippen LogP contribution in [0.4, 0.5) is 5.69 Å². The summed E-state index contributed by atoms with van der Waals surface area (Å²) in [5, 5.41) is 3.48. The summed E-state index contributed by atoms with van der Waals surface area (Å²) in [4.78, 5) is 0. The highest BCUT2D eigenvalue weighted by Crippen LogP contribution is 2.26. The van der Waals surface area contributed by atoms with Crippen molar-refractivity contribution >= 4 is 5.69 Å². The third-order valence-electron chi connectivity index (χ3n) is 6.30. The van der Waals surface area contributed by atoms with Gasteiger partial charge in [0.1, 0.15) is 11.5 Å². The van der Waals surface area contributed by atoms with E-state index in [0.717, 1.165) is 42.7 Å². The first kappa shape index (κ1) is 22.3. The molecule has 0 spiro atoms. The molecule has 0 aliphatic heterocycles. The van der Waals surface area contributed by atoms with Gasteiger partial charge in [-0.05, 0) is 59.9 Å². The lowest BCUT2D eigenvalue weighted by molar-refractivity contribution is 0.246. The number of benzene rings is 3. The Morgan fingerprint density at radius 1 is 0.656 bits per heavy atom. The van der Waals surface area contributed by atoms with Crippen LogP contribution in [-0.4, -0.2) is 13.2 Å². The third kappa shape index (κ3) is 7.33. The van der Waals surface area contributed by atoms with E-state index in [2.05, 4.69) is 66.0 Å². The van der Waals surface area contributed by atoms with Crippen molar-refractivity contribution in [3.63, 3.8) is 0 Å². The zero-order valence-corrected chi connectivity index (χ0v) is 19.0. The summed E-state index contributed by atoms with van der Waals surface area (Å²) in [6, 6.07) is 27.1. The Morgan fingerprint density at radius 3 is 2.03 bits per heavy atom. The molecule has 3 heteroatoms. The van der Waals surface area contributed by atoms with Crippen molar-refractivity contribution in [1.29, 1.82) is 0 Å². The minimum absolute atomic E-state index is 0.691. The van der Waals surface area contributed by atoms with E-state index in [1.54, 1.807) is 0 Å². The number of rotatable bonds is 11. The highest BCUT2D eigenvalue weighted by atomic mass is 16.5. The summed E-state index contributed by atoms with van der Waals surface area (Å²) in [6.45, 7) is 2.31. The molecule has 0 unspecified atom stereocenters. The fraction of sp³-hybridized carbons (Fsp3) is 0.379. The summed E-state index contributed by atoms with van der Waals surface area (Å²) < 4.78 is 11.8. The maximum absolute atomic E-state index is 5.96. The van der Waals surface area contributed by atoms with Crippen LogP contribution >= 0.6 is 0 Å². The second-order valence-electron chi connectivity index (χ2n) is 8.75. The van der Waals surface area contributed by atoms with Crippen LogP contribution < -0.4 is 14.8 Å². The molecule has 1 fully saturated rings. The van der Waals surface area contributed by atoms with Gasteiger partial charge in [0.05, 0.1) is 13.2 Å². The average molecular weight is 430 g/mol. The molecule has 0 saturated heterocycles. The summed E-state index contributed by atoms with van der Waals surface area (Å²) in [7, 11) is 0. The Morgan fingerprint density at radius 2 is 1.31 bits per heavy atom. The van der Waals surface area contributed by atoms with Crippen molar-refractivity contribution in [1.82, 2.24) is 0 Å². The first-order valence-electron chi connectivity index (χ1n) is 12.1. The van der Waals surface area contributed by atoms with E-state index in [-0.39, 0.29) is 0 Å². The Bertz CT molecular complexity index is 900. The van der Waals surface area contributed by atoms with E-state index < -0.39 is 0 Å². The number of ether oxygens (including phenoxy) is 2. The molecule has 1 N–H and O–H groups in total. The van der Waals surface area contributed by atoms with Crippen LogP contribution in [0.5, 0.6) is 11.5 Å². The van der Waals surface area contributed by atoms with E-state index in [4.69, 9.17) is 9.47 Å². The van der Waals surface area contributed by atoms with Crippen molar-refractivity contribution in [2.45, 2.75) is 51.5 Å². The molecule has 0 amide bonds. The van der Waals surface area contributed by atoms with Crippen LogP contribution in [0.15, 0.2) is 78.9 Å². The Labute approximate surface area is 192 Å². The molecule has 0 radical (unpaired) electrons. The lowest BCUT2D eigenvalue weighted by Crippen LogP contribution is -2.10. The normalized spacial score (nSPS) is 14.1. The third-order valence-corrected chi connectivity index (χ3v) is 6.30. The van der Waals surface area contributed by atoms with Gasteiger partial charge in [-0.1, -0.05) is 74.6 Å².